The second-order valence-corrected chi connectivity index (χ2v) is 7.02. The number of aliphatic hydroxyl groups excluding tert-OH is 3. The standard InChI is InChI=1S/C17H22N4O11/c1-29-11-9(25)10(31-15(11)21-3-2-7(23)20-17(21)28)12(14(19)27)32-16-8(24)5(22)4-6(30-16)13(18)26/h2-5,8-12,15-16,22,24-25H,1H3,(H2,18,26)(H2,19,27)(H,20,23,28)/t5?,8?,9?,10-,11?,12?,15+,16+/m0/s1. The van der Waals surface area contributed by atoms with Crippen LogP contribution in [0.2, 0.25) is 0 Å². The van der Waals surface area contributed by atoms with Crippen LogP contribution in [0.25, 0.3) is 0 Å². The van der Waals surface area contributed by atoms with Crippen LogP contribution in [-0.4, -0.2) is 86.7 Å². The number of nitrogens with one attached hydrogen (secondary N) is 1. The van der Waals surface area contributed by atoms with Crippen LogP contribution in [-0.2, 0) is 28.5 Å². The molecule has 15 heteroatoms. The lowest BCUT2D eigenvalue weighted by Crippen LogP contribution is -2.53. The molecule has 2 amide bonds. The van der Waals surface area contributed by atoms with Gasteiger partial charge in [0.15, 0.2) is 18.1 Å². The molecule has 3 heterocycles. The monoisotopic (exact) mass is 458 g/mol. The average Bonchev–Trinajstić information content (AvgIpc) is 3.04. The van der Waals surface area contributed by atoms with Gasteiger partial charge in [0, 0.05) is 19.4 Å². The summed E-state index contributed by atoms with van der Waals surface area (Å²) in [7, 11) is 1.21. The predicted molar refractivity (Wildman–Crippen MR) is 100 cm³/mol. The minimum absolute atomic E-state index is 0.531. The summed E-state index contributed by atoms with van der Waals surface area (Å²) in [4.78, 5) is 48.9. The lowest BCUT2D eigenvalue weighted by atomic mass is 10.0. The number of nitrogens with two attached hydrogens (primary N) is 2. The van der Waals surface area contributed by atoms with E-state index in [1.165, 1.54) is 7.11 Å². The third-order valence-corrected chi connectivity index (χ3v) is 4.94. The molecule has 0 saturated carbocycles. The number of amides is 2. The van der Waals surface area contributed by atoms with Gasteiger partial charge in [0.1, 0.15) is 30.5 Å². The molecular formula is C17H22N4O11. The summed E-state index contributed by atoms with van der Waals surface area (Å²) in [6.45, 7) is 0. The smallest absolute Gasteiger partial charge is 0.330 e. The van der Waals surface area contributed by atoms with Gasteiger partial charge in [-0.1, -0.05) is 0 Å². The van der Waals surface area contributed by atoms with Crippen LogP contribution in [0.15, 0.2) is 33.7 Å². The first-order valence-electron chi connectivity index (χ1n) is 9.22. The first kappa shape index (κ1) is 23.6. The fourth-order valence-corrected chi connectivity index (χ4v) is 3.38. The molecule has 0 aliphatic carbocycles. The van der Waals surface area contributed by atoms with E-state index in [1.807, 2.05) is 4.98 Å². The Labute approximate surface area is 178 Å². The molecule has 3 rings (SSSR count). The number of primary amides is 2. The zero-order valence-corrected chi connectivity index (χ0v) is 16.6. The highest BCUT2D eigenvalue weighted by Gasteiger charge is 2.52. The fourth-order valence-electron chi connectivity index (χ4n) is 3.38. The van der Waals surface area contributed by atoms with Gasteiger partial charge < -0.3 is 45.7 Å². The molecule has 2 aliphatic rings. The zero-order chi connectivity index (χ0) is 23.7. The van der Waals surface area contributed by atoms with Crippen molar-refractivity contribution < 1.29 is 43.9 Å². The third kappa shape index (κ3) is 4.43. The molecule has 1 saturated heterocycles. The Hall–Kier alpha value is -3.08. The highest BCUT2D eigenvalue weighted by Crippen LogP contribution is 2.34. The number of carbonyl (C=O) groups excluding carboxylic acids is 2. The maximum Gasteiger partial charge on any atom is 0.330 e. The van der Waals surface area contributed by atoms with E-state index in [1.54, 1.807) is 0 Å². The molecule has 5 unspecified atom stereocenters. The van der Waals surface area contributed by atoms with Crippen molar-refractivity contribution in [3.63, 3.8) is 0 Å². The minimum Gasteiger partial charge on any atom is -0.456 e. The van der Waals surface area contributed by atoms with E-state index >= 15 is 0 Å². The second-order valence-electron chi connectivity index (χ2n) is 7.02. The number of aromatic amines is 1. The molecule has 176 valence electrons. The average molecular weight is 458 g/mol. The molecule has 8 atom stereocenters. The van der Waals surface area contributed by atoms with Gasteiger partial charge in [-0.15, -0.1) is 0 Å². The maximum absolute atomic E-state index is 12.1. The zero-order valence-electron chi connectivity index (χ0n) is 16.6. The number of ether oxygens (including phenoxy) is 4. The van der Waals surface area contributed by atoms with Crippen LogP contribution in [0.5, 0.6) is 0 Å². The molecule has 8 N–H and O–H groups in total. The van der Waals surface area contributed by atoms with Crippen molar-refractivity contribution in [1.29, 1.82) is 0 Å². The first-order chi connectivity index (χ1) is 15.0. The van der Waals surface area contributed by atoms with Crippen molar-refractivity contribution in [2.45, 2.75) is 49.1 Å². The lowest BCUT2D eigenvalue weighted by molar-refractivity contribution is -0.240. The molecule has 0 aromatic carbocycles. The van der Waals surface area contributed by atoms with Crippen molar-refractivity contribution in [3.8, 4) is 0 Å². The van der Waals surface area contributed by atoms with Crippen LogP contribution in [0.1, 0.15) is 6.23 Å². The molecule has 15 nitrogen and oxygen atoms in total. The van der Waals surface area contributed by atoms with E-state index in [9.17, 15) is 34.5 Å². The number of hydrogen-bond acceptors (Lipinski definition) is 11. The van der Waals surface area contributed by atoms with E-state index in [-0.39, 0.29) is 0 Å². The highest BCUT2D eigenvalue weighted by molar-refractivity contribution is 5.90. The van der Waals surface area contributed by atoms with Gasteiger partial charge in [-0.2, -0.15) is 0 Å². The molecular weight excluding hydrogens is 436 g/mol. The van der Waals surface area contributed by atoms with E-state index in [4.69, 9.17) is 30.4 Å². The molecule has 1 aromatic heterocycles. The third-order valence-electron chi connectivity index (χ3n) is 4.94. The van der Waals surface area contributed by atoms with Gasteiger partial charge >= 0.3 is 5.69 Å². The molecule has 0 bridgehead atoms. The van der Waals surface area contributed by atoms with E-state index in [2.05, 4.69) is 0 Å². The number of methoxy groups -OCH3 is 1. The number of nitrogens with zero attached hydrogens (tertiary/aromatic N) is 1. The summed E-state index contributed by atoms with van der Waals surface area (Å²) in [5.74, 6) is -2.77. The summed E-state index contributed by atoms with van der Waals surface area (Å²) < 4.78 is 22.2. The molecule has 1 fully saturated rings. The Morgan fingerprint density at radius 3 is 2.47 bits per heavy atom. The van der Waals surface area contributed by atoms with E-state index in [0.717, 1.165) is 22.9 Å². The first-order valence-corrected chi connectivity index (χ1v) is 9.22. The van der Waals surface area contributed by atoms with Crippen molar-refractivity contribution in [1.82, 2.24) is 9.55 Å². The van der Waals surface area contributed by atoms with Crippen molar-refractivity contribution in [2.75, 3.05) is 7.11 Å². The number of hydrogen-bond donors (Lipinski definition) is 6. The highest BCUT2D eigenvalue weighted by atomic mass is 16.7. The largest absolute Gasteiger partial charge is 0.456 e. The molecule has 2 aliphatic heterocycles. The van der Waals surface area contributed by atoms with Gasteiger partial charge in [0.25, 0.3) is 11.5 Å². The molecule has 32 heavy (non-hydrogen) atoms. The Morgan fingerprint density at radius 2 is 1.91 bits per heavy atom. The number of rotatable bonds is 7. The van der Waals surface area contributed by atoms with Crippen LogP contribution in [0, 0.1) is 0 Å². The van der Waals surface area contributed by atoms with Gasteiger partial charge in [-0.3, -0.25) is 23.9 Å². The Bertz CT molecular complexity index is 1020. The van der Waals surface area contributed by atoms with E-state index in [0.29, 0.717) is 0 Å². The summed E-state index contributed by atoms with van der Waals surface area (Å²) in [6, 6.07) is 1.03. The number of H-pyrrole nitrogens is 1. The van der Waals surface area contributed by atoms with Gasteiger partial charge in [0.2, 0.25) is 12.2 Å². The quantitative estimate of drug-likeness (QED) is 0.226. The Kier molecular flexibility index (Phi) is 6.77. The SMILES string of the molecule is COC1C(O)[C@@H](C(O[C@H]2OC(C(N)=O)=CC(O)C2O)C(N)=O)O[C@H]1n1ccc(=O)[nH]c1=O. The minimum atomic E-state index is -1.80. The fraction of sp³-hybridized carbons (Fsp3) is 0.529. The van der Waals surface area contributed by atoms with Crippen LogP contribution < -0.4 is 22.7 Å². The van der Waals surface area contributed by atoms with Gasteiger partial charge in [0.05, 0.1) is 0 Å². The normalized spacial score (nSPS) is 33.2. The molecule has 0 spiro atoms. The Balaban J connectivity index is 1.88. The summed E-state index contributed by atoms with van der Waals surface area (Å²) >= 11 is 0. The molecule has 0 radical (unpaired) electrons. The van der Waals surface area contributed by atoms with Crippen LogP contribution in [0.4, 0.5) is 0 Å². The lowest BCUT2D eigenvalue weighted by Gasteiger charge is -2.34. The predicted octanol–water partition coefficient (Wildman–Crippen LogP) is -4.87. The van der Waals surface area contributed by atoms with Crippen LogP contribution in [0.3, 0.4) is 0 Å². The van der Waals surface area contributed by atoms with Crippen molar-refractivity contribution >= 4 is 11.8 Å². The maximum atomic E-state index is 12.1. The summed E-state index contributed by atoms with van der Waals surface area (Å²) in [5, 5.41) is 30.7. The van der Waals surface area contributed by atoms with Gasteiger partial charge in [-0.25, -0.2) is 4.79 Å². The number of aromatic nitrogens is 2. The van der Waals surface area contributed by atoms with Crippen molar-refractivity contribution in [3.05, 3.63) is 44.9 Å². The van der Waals surface area contributed by atoms with Gasteiger partial charge in [-0.05, 0) is 6.08 Å². The molecule has 1 aromatic rings. The van der Waals surface area contributed by atoms with Crippen molar-refractivity contribution in [2.24, 2.45) is 11.5 Å². The number of aliphatic hydroxyl groups is 3. The van der Waals surface area contributed by atoms with E-state index < -0.39 is 78.0 Å². The second kappa shape index (κ2) is 9.19. The Morgan fingerprint density at radius 1 is 1.22 bits per heavy atom. The number of carbonyl (C=O) groups is 2. The summed E-state index contributed by atoms with van der Waals surface area (Å²) in [5.41, 5.74) is 8.93. The summed E-state index contributed by atoms with van der Waals surface area (Å²) in [6.07, 6.45) is -10.7. The topological polar surface area (TPSA) is 239 Å². The van der Waals surface area contributed by atoms with Crippen LogP contribution >= 0.6 is 0 Å².